The van der Waals surface area contributed by atoms with Crippen LogP contribution in [0.1, 0.15) is 28.8 Å². The van der Waals surface area contributed by atoms with E-state index in [9.17, 15) is 5.11 Å². The Labute approximate surface area is 130 Å². The van der Waals surface area contributed by atoms with Gasteiger partial charge in [-0.1, -0.05) is 18.2 Å². The van der Waals surface area contributed by atoms with Crippen LogP contribution in [0.3, 0.4) is 0 Å². The number of rotatable bonds is 4. The molecule has 0 bridgehead atoms. The van der Waals surface area contributed by atoms with Crippen LogP contribution < -0.4 is 9.47 Å². The molecule has 116 valence electrons. The van der Waals surface area contributed by atoms with Crippen LogP contribution in [-0.2, 0) is 6.54 Å². The van der Waals surface area contributed by atoms with E-state index in [4.69, 9.17) is 9.47 Å². The van der Waals surface area contributed by atoms with E-state index in [1.165, 1.54) is 5.56 Å². The molecule has 4 nitrogen and oxygen atoms in total. The van der Waals surface area contributed by atoms with Crippen molar-refractivity contribution < 1.29 is 14.6 Å². The Morgan fingerprint density at radius 2 is 1.68 bits per heavy atom. The first-order valence-electron chi connectivity index (χ1n) is 7.33. The van der Waals surface area contributed by atoms with Gasteiger partial charge in [-0.25, -0.2) is 0 Å². The normalized spacial score (nSPS) is 18.8. The summed E-state index contributed by atoms with van der Waals surface area (Å²) in [6, 6.07) is 13.6. The summed E-state index contributed by atoms with van der Waals surface area (Å²) in [5, 5.41) is 10.8. The van der Waals surface area contributed by atoms with E-state index in [1.807, 2.05) is 43.4 Å². The Hall–Kier alpha value is -2.04. The lowest BCUT2D eigenvalue weighted by atomic mass is 9.95. The number of nitrogens with zero attached hydrogens (tertiary/aromatic N) is 1. The Balaban J connectivity index is 1.91. The zero-order valence-electron chi connectivity index (χ0n) is 13.1. The molecule has 22 heavy (non-hydrogen) atoms. The second-order valence-corrected chi connectivity index (χ2v) is 5.64. The summed E-state index contributed by atoms with van der Waals surface area (Å²) in [6.07, 6.45) is -0.578. The second-order valence-electron chi connectivity index (χ2n) is 5.64. The number of hydrogen-bond donors (Lipinski definition) is 1. The van der Waals surface area contributed by atoms with Gasteiger partial charge in [0.05, 0.1) is 26.4 Å². The van der Waals surface area contributed by atoms with Crippen molar-refractivity contribution >= 4 is 0 Å². The third-order valence-electron chi connectivity index (χ3n) is 4.32. The molecule has 0 saturated carbocycles. The molecule has 4 heteroatoms. The molecule has 1 aliphatic rings. The molecular weight excluding hydrogens is 278 g/mol. The van der Waals surface area contributed by atoms with Crippen molar-refractivity contribution in [2.75, 3.05) is 21.3 Å². The highest BCUT2D eigenvalue weighted by Crippen LogP contribution is 2.42. The summed E-state index contributed by atoms with van der Waals surface area (Å²) in [7, 11) is 5.34. The molecule has 0 aromatic heterocycles. The Morgan fingerprint density at radius 1 is 1.05 bits per heavy atom. The van der Waals surface area contributed by atoms with Gasteiger partial charge >= 0.3 is 0 Å². The van der Waals surface area contributed by atoms with Crippen LogP contribution in [0.15, 0.2) is 42.5 Å². The lowest BCUT2D eigenvalue weighted by Gasteiger charge is -2.26. The molecule has 0 unspecified atom stereocenters. The van der Waals surface area contributed by atoms with Gasteiger partial charge in [-0.05, 0) is 48.0 Å². The molecule has 1 N–H and O–H groups in total. The van der Waals surface area contributed by atoms with Gasteiger partial charge in [0, 0.05) is 6.54 Å². The van der Waals surface area contributed by atoms with Crippen LogP contribution in [0.5, 0.6) is 11.5 Å². The quantitative estimate of drug-likeness (QED) is 0.942. The minimum atomic E-state index is -0.578. The third-order valence-corrected chi connectivity index (χ3v) is 4.32. The molecule has 0 fully saturated rings. The summed E-state index contributed by atoms with van der Waals surface area (Å²) in [5.41, 5.74) is 3.26. The molecule has 0 saturated heterocycles. The van der Waals surface area contributed by atoms with Crippen molar-refractivity contribution in [1.82, 2.24) is 4.90 Å². The average Bonchev–Trinajstić information content (AvgIpc) is 2.89. The van der Waals surface area contributed by atoms with Crippen LogP contribution in [0.2, 0.25) is 0 Å². The van der Waals surface area contributed by atoms with Gasteiger partial charge in [0.15, 0.2) is 0 Å². The predicted octanol–water partition coefficient (Wildman–Crippen LogP) is 2.92. The topological polar surface area (TPSA) is 41.9 Å². The highest BCUT2D eigenvalue weighted by Gasteiger charge is 2.34. The number of methoxy groups -OCH3 is 2. The molecule has 2 aromatic rings. The maximum absolute atomic E-state index is 10.8. The number of fused-ring (bicyclic) bond motifs is 1. The number of likely N-dealkylation sites (N-methyl/N-ethyl adjacent to an activating group) is 1. The minimum Gasteiger partial charge on any atom is -0.497 e. The first-order chi connectivity index (χ1) is 10.6. The second kappa shape index (κ2) is 5.99. The van der Waals surface area contributed by atoms with Crippen LogP contribution in [0.25, 0.3) is 0 Å². The van der Waals surface area contributed by atoms with Gasteiger partial charge < -0.3 is 14.6 Å². The lowest BCUT2D eigenvalue weighted by Crippen LogP contribution is -2.23. The number of ether oxygens (including phenoxy) is 2. The van der Waals surface area contributed by atoms with Crippen LogP contribution in [-0.4, -0.2) is 31.3 Å². The van der Waals surface area contributed by atoms with Crippen molar-refractivity contribution in [3.05, 3.63) is 59.2 Å². The summed E-state index contributed by atoms with van der Waals surface area (Å²) >= 11 is 0. The fraction of sp³-hybridized carbons (Fsp3) is 0.333. The number of hydrogen-bond acceptors (Lipinski definition) is 4. The minimum absolute atomic E-state index is 0.0469. The average molecular weight is 299 g/mol. The van der Waals surface area contributed by atoms with Crippen molar-refractivity contribution in [2.24, 2.45) is 0 Å². The number of aliphatic hydroxyl groups is 1. The lowest BCUT2D eigenvalue weighted by molar-refractivity contribution is 0.0708. The van der Waals surface area contributed by atoms with Gasteiger partial charge in [-0.3, -0.25) is 4.90 Å². The molecule has 3 rings (SSSR count). The molecule has 0 spiro atoms. The number of benzene rings is 2. The van der Waals surface area contributed by atoms with Crippen LogP contribution in [0, 0.1) is 0 Å². The Morgan fingerprint density at radius 3 is 2.32 bits per heavy atom. The zero-order chi connectivity index (χ0) is 15.7. The van der Waals surface area contributed by atoms with Gasteiger partial charge in [-0.15, -0.1) is 0 Å². The van der Waals surface area contributed by atoms with Gasteiger partial charge in [0.2, 0.25) is 0 Å². The molecule has 1 aliphatic heterocycles. The van der Waals surface area contributed by atoms with Crippen molar-refractivity contribution in [2.45, 2.75) is 18.7 Å². The summed E-state index contributed by atoms with van der Waals surface area (Å²) in [5.74, 6) is 1.65. The Kier molecular flexibility index (Phi) is 4.05. The van der Waals surface area contributed by atoms with Gasteiger partial charge in [-0.2, -0.15) is 0 Å². The standard InChI is InChI=1S/C18H21NO3/c1-19-11-13-10-15(22-3)8-9-16(13)17(19)18(20)12-4-6-14(21-2)7-5-12/h4-10,17-18,20H,11H2,1-3H3/t17-,18+/m0/s1. The number of aliphatic hydroxyl groups excluding tert-OH is 1. The highest BCUT2D eigenvalue weighted by molar-refractivity contribution is 5.42. The highest BCUT2D eigenvalue weighted by atomic mass is 16.5. The maximum Gasteiger partial charge on any atom is 0.119 e. The van der Waals surface area contributed by atoms with E-state index in [0.717, 1.165) is 29.2 Å². The van der Waals surface area contributed by atoms with E-state index < -0.39 is 6.10 Å². The van der Waals surface area contributed by atoms with Crippen molar-refractivity contribution in [3.63, 3.8) is 0 Å². The van der Waals surface area contributed by atoms with Gasteiger partial charge in [0.25, 0.3) is 0 Å². The fourth-order valence-corrected chi connectivity index (χ4v) is 3.13. The van der Waals surface area contributed by atoms with E-state index in [0.29, 0.717) is 0 Å². The predicted molar refractivity (Wildman–Crippen MR) is 85.2 cm³/mol. The fourth-order valence-electron chi connectivity index (χ4n) is 3.13. The van der Waals surface area contributed by atoms with E-state index in [1.54, 1.807) is 14.2 Å². The largest absolute Gasteiger partial charge is 0.497 e. The van der Waals surface area contributed by atoms with Gasteiger partial charge in [0.1, 0.15) is 11.5 Å². The van der Waals surface area contributed by atoms with E-state index in [-0.39, 0.29) is 6.04 Å². The summed E-state index contributed by atoms with van der Waals surface area (Å²) in [6.45, 7) is 0.810. The maximum atomic E-state index is 10.8. The van der Waals surface area contributed by atoms with E-state index >= 15 is 0 Å². The van der Waals surface area contributed by atoms with Crippen LogP contribution in [0.4, 0.5) is 0 Å². The Bertz CT molecular complexity index is 654. The smallest absolute Gasteiger partial charge is 0.119 e. The summed E-state index contributed by atoms with van der Waals surface area (Å²) < 4.78 is 10.5. The molecule has 2 aromatic carbocycles. The molecule has 0 aliphatic carbocycles. The molecule has 0 amide bonds. The van der Waals surface area contributed by atoms with Crippen molar-refractivity contribution in [1.29, 1.82) is 0 Å². The summed E-state index contributed by atoms with van der Waals surface area (Å²) in [4.78, 5) is 2.17. The van der Waals surface area contributed by atoms with Crippen LogP contribution >= 0.6 is 0 Å². The molecular formula is C18H21NO3. The first-order valence-corrected chi connectivity index (χ1v) is 7.33. The molecule has 2 atom stereocenters. The molecule has 0 radical (unpaired) electrons. The van der Waals surface area contributed by atoms with E-state index in [2.05, 4.69) is 11.0 Å². The van der Waals surface area contributed by atoms with Crippen molar-refractivity contribution in [3.8, 4) is 11.5 Å². The zero-order valence-corrected chi connectivity index (χ0v) is 13.1. The third kappa shape index (κ3) is 2.56. The SMILES string of the molecule is COc1ccc([C@@H](O)[C@@H]2c3ccc(OC)cc3CN2C)cc1. The first kappa shape index (κ1) is 14.9. The monoisotopic (exact) mass is 299 g/mol. The molecule has 1 heterocycles.